The first kappa shape index (κ1) is 28.3. The van der Waals surface area contributed by atoms with Crippen molar-refractivity contribution in [2.75, 3.05) is 0 Å². The van der Waals surface area contributed by atoms with Crippen molar-refractivity contribution in [2.45, 2.75) is 0 Å². The van der Waals surface area contributed by atoms with Crippen LogP contribution >= 0.6 is 0 Å². The molecule has 0 amide bonds. The van der Waals surface area contributed by atoms with Crippen LogP contribution < -0.4 is 59.1 Å². The Morgan fingerprint density at radius 1 is 1.00 bits per heavy atom. The van der Waals surface area contributed by atoms with E-state index in [1.54, 1.807) is 0 Å². The van der Waals surface area contributed by atoms with Crippen molar-refractivity contribution in [1.82, 2.24) is 0 Å². The van der Waals surface area contributed by atoms with E-state index in [-0.39, 0.29) is 59.1 Å². The summed E-state index contributed by atoms with van der Waals surface area (Å²) in [5.41, 5.74) is 0. The molecule has 0 rings (SSSR count). The maximum atomic E-state index is 9.53. The first-order chi connectivity index (χ1) is 6.65. The normalized spacial score (nSPS) is 13.1. The minimum atomic E-state index is -5.76. The molecule has 12 nitrogen and oxygen atoms in total. The SMILES string of the molecule is O=S([O-])S(=O)(=O)[O-].[Na+].[Na+].[O]=[Cr](=[O])([OH])[O][Cr](=[O])(=[O])[OH]. The van der Waals surface area contributed by atoms with E-state index in [2.05, 4.69) is 2.84 Å². The molecule has 100 valence electrons. The van der Waals surface area contributed by atoms with Gasteiger partial charge in [-0.25, -0.2) is 8.42 Å². The molecule has 0 fully saturated rings. The van der Waals surface area contributed by atoms with E-state index in [1.807, 2.05) is 0 Å². The van der Waals surface area contributed by atoms with Gasteiger partial charge in [0.15, 0.2) is 9.15 Å². The van der Waals surface area contributed by atoms with Crippen molar-refractivity contribution in [2.24, 2.45) is 0 Å². The zero-order valence-corrected chi connectivity index (χ0v) is 16.8. The summed E-state index contributed by atoms with van der Waals surface area (Å²) in [6, 6.07) is 0. The fourth-order valence-electron chi connectivity index (χ4n) is 0.109. The van der Waals surface area contributed by atoms with Crippen LogP contribution in [0, 0.1) is 0 Å². The maximum absolute atomic E-state index is 9.53. The molecule has 0 saturated heterocycles. The quantitative estimate of drug-likeness (QED) is 0.193. The van der Waals surface area contributed by atoms with Crippen molar-refractivity contribution in [1.29, 1.82) is 0 Å². The second-order valence-electron chi connectivity index (χ2n) is 1.54. The monoisotopic (exact) mass is 408 g/mol. The van der Waals surface area contributed by atoms with E-state index in [4.69, 9.17) is 30.0 Å². The van der Waals surface area contributed by atoms with Gasteiger partial charge in [-0.3, -0.25) is 4.21 Å². The molecule has 0 bridgehead atoms. The summed E-state index contributed by atoms with van der Waals surface area (Å²) in [7, 11) is -8.59. The standard InChI is InChI=1S/2Cr.2Na.H2O5S2.2H2O.5O/c;;;;1-6(2)7(3,4)5;;;;;;;/h;;;;(H,1,2)(H,3,4,5);2*1H2;;;;;/q4*+1;;;;;;;;/p-4. The fraction of sp³-hybridized carbons (Fsp3) is 0. The van der Waals surface area contributed by atoms with E-state index >= 15 is 0 Å². The molecule has 0 saturated carbocycles. The Bertz CT molecular complexity index is 507. The third-order valence-corrected chi connectivity index (χ3v) is 4.42. The van der Waals surface area contributed by atoms with Crippen molar-refractivity contribution in [3.05, 3.63) is 0 Å². The fourth-order valence-corrected chi connectivity index (χ4v) is 1.85. The second-order valence-corrected chi connectivity index (χ2v) is 8.56. The summed E-state index contributed by atoms with van der Waals surface area (Å²) < 4.78 is 102. The van der Waals surface area contributed by atoms with Crippen LogP contribution in [-0.2, 0) is 64.5 Å². The van der Waals surface area contributed by atoms with E-state index in [9.17, 15) is 15.2 Å². The molecule has 0 aliphatic heterocycles. The van der Waals surface area contributed by atoms with Crippen LogP contribution in [0.5, 0.6) is 0 Å². The third kappa shape index (κ3) is 26.7. The molecular weight excluding hydrogens is 406 g/mol. The van der Waals surface area contributed by atoms with Crippen molar-refractivity contribution in [3.8, 4) is 0 Å². The molecule has 0 radical (unpaired) electrons. The van der Waals surface area contributed by atoms with Crippen LogP contribution in [0.3, 0.4) is 0 Å². The third-order valence-electron chi connectivity index (χ3n) is 0.339. The molecule has 2 N–H and O–H groups in total. The molecule has 1 unspecified atom stereocenters. The Labute approximate surface area is 151 Å². The van der Waals surface area contributed by atoms with Gasteiger partial charge < -0.3 is 9.11 Å². The van der Waals surface area contributed by atoms with Gasteiger partial charge >= 0.3 is 113 Å². The molecule has 0 aliphatic rings. The van der Waals surface area contributed by atoms with Gasteiger partial charge in [0.2, 0.25) is 0 Å². The van der Waals surface area contributed by atoms with Crippen LogP contribution in [0.4, 0.5) is 0 Å². The van der Waals surface area contributed by atoms with Gasteiger partial charge in [-0.2, -0.15) is 0 Å². The predicted octanol–water partition coefficient (Wildman–Crippen LogP) is -9.33. The van der Waals surface area contributed by atoms with Gasteiger partial charge in [-0.05, 0) is 0 Å². The number of hydrogen-bond acceptors (Lipinski definition) is 10. The molecule has 18 heteroatoms. The van der Waals surface area contributed by atoms with Gasteiger partial charge in [0.25, 0.3) is 0 Å². The van der Waals surface area contributed by atoms with Gasteiger partial charge in [-0.15, -0.1) is 0 Å². The van der Waals surface area contributed by atoms with Crippen molar-refractivity contribution >= 4 is 19.3 Å². The van der Waals surface area contributed by atoms with Crippen LogP contribution in [0.15, 0.2) is 0 Å². The average Bonchev–Trinajstić information content (AvgIpc) is 1.75. The zero-order chi connectivity index (χ0) is 13.8. The first-order valence-corrected chi connectivity index (χ1v) is 9.63. The summed E-state index contributed by atoms with van der Waals surface area (Å²) in [4.78, 5) is 0. The molecule has 0 aromatic heterocycles. The Hall–Kier alpha value is 2.16. The second kappa shape index (κ2) is 10.8. The summed E-state index contributed by atoms with van der Waals surface area (Å²) in [5, 5.41) is 0. The molecule has 18 heavy (non-hydrogen) atoms. The summed E-state index contributed by atoms with van der Waals surface area (Å²) in [6.45, 7) is 0. The van der Waals surface area contributed by atoms with E-state index in [0.29, 0.717) is 0 Å². The molecule has 1 atom stereocenters. The molecule has 0 heterocycles. The average molecular weight is 408 g/mol. The zero-order valence-electron chi connectivity index (χ0n) is 8.61. The Morgan fingerprint density at radius 3 is 1.17 bits per heavy atom. The summed E-state index contributed by atoms with van der Waals surface area (Å²) >= 11 is -11.5. The predicted molar refractivity (Wildman–Crippen MR) is 26.9 cm³/mol. The van der Waals surface area contributed by atoms with Crippen LogP contribution in [0.25, 0.3) is 0 Å². The first-order valence-electron chi connectivity index (χ1n) is 2.37. The van der Waals surface area contributed by atoms with Gasteiger partial charge in [-0.1, -0.05) is 0 Å². The summed E-state index contributed by atoms with van der Waals surface area (Å²) in [5.74, 6) is 0. The van der Waals surface area contributed by atoms with Crippen LogP contribution in [0.2, 0.25) is 0 Å². The minimum absolute atomic E-state index is 0. The van der Waals surface area contributed by atoms with Gasteiger partial charge in [0.05, 0.1) is 10.1 Å². The Morgan fingerprint density at radius 2 is 1.17 bits per heavy atom. The molecule has 0 aromatic carbocycles. The van der Waals surface area contributed by atoms with Crippen molar-refractivity contribution in [3.63, 3.8) is 0 Å². The van der Waals surface area contributed by atoms with Gasteiger partial charge in [0.1, 0.15) is 0 Å². The van der Waals surface area contributed by atoms with Crippen molar-refractivity contribution < 1.29 is 134 Å². The Kier molecular flexibility index (Phi) is 17.1. The molecule has 0 spiro atoms. The Balaban J connectivity index is -0.000000100. The van der Waals surface area contributed by atoms with Gasteiger partial charge in [0, 0.05) is 0 Å². The van der Waals surface area contributed by atoms with E-state index < -0.39 is 46.5 Å². The van der Waals surface area contributed by atoms with E-state index in [1.165, 1.54) is 0 Å². The van der Waals surface area contributed by atoms with Crippen LogP contribution in [-0.4, -0.2) is 30.0 Å². The van der Waals surface area contributed by atoms with E-state index in [0.717, 1.165) is 0 Å². The molecule has 0 aliphatic carbocycles. The summed E-state index contributed by atoms with van der Waals surface area (Å²) in [6.07, 6.45) is 0. The number of rotatable bonds is 3. The number of hydrogen-bond donors (Lipinski definition) is 2. The molecular formula is H2Cr2Na2O12S2. The van der Waals surface area contributed by atoms with Crippen LogP contribution in [0.1, 0.15) is 0 Å². The topological polar surface area (TPSA) is 215 Å². The molecule has 0 aromatic rings.